The summed E-state index contributed by atoms with van der Waals surface area (Å²) >= 11 is 0. The van der Waals surface area contributed by atoms with Gasteiger partial charge in [-0.05, 0) is 42.7 Å². The van der Waals surface area contributed by atoms with Crippen LogP contribution in [0.5, 0.6) is 11.5 Å². The van der Waals surface area contributed by atoms with E-state index in [9.17, 15) is 10.2 Å². The largest absolute Gasteiger partial charge is 0.486 e. The molecule has 3 N–H and O–H groups in total. The Morgan fingerprint density at radius 1 is 1.20 bits per heavy atom. The molecule has 154 valence electrons. The molecule has 3 aromatic rings. The van der Waals surface area contributed by atoms with Crippen molar-refractivity contribution in [3.63, 3.8) is 0 Å². The SMILES string of the molecule is [B]C(O)(O)OC1CCc2c(c3ccc(Nc4ccc5c(c4)OCCO5)nc3n2C)C1. The van der Waals surface area contributed by atoms with Gasteiger partial charge in [0.25, 0.3) is 0 Å². The molecule has 8 nitrogen and oxygen atoms in total. The number of aryl methyl sites for hydroxylation is 1. The number of aliphatic hydroxyl groups is 2. The zero-order chi connectivity index (χ0) is 20.9. The molecule has 1 unspecified atom stereocenters. The monoisotopic (exact) mass is 407 g/mol. The number of hydrogen-bond acceptors (Lipinski definition) is 7. The molecule has 30 heavy (non-hydrogen) atoms. The van der Waals surface area contributed by atoms with Gasteiger partial charge in [0.2, 0.25) is 5.87 Å². The fourth-order valence-electron chi connectivity index (χ4n) is 4.28. The summed E-state index contributed by atoms with van der Waals surface area (Å²) in [6.45, 7) is 1.10. The maximum absolute atomic E-state index is 9.36. The van der Waals surface area contributed by atoms with Crippen molar-refractivity contribution >= 4 is 30.4 Å². The van der Waals surface area contributed by atoms with Crippen molar-refractivity contribution in [2.75, 3.05) is 18.5 Å². The molecule has 1 atom stereocenters. The molecule has 2 aliphatic rings. The van der Waals surface area contributed by atoms with Crippen LogP contribution in [0.25, 0.3) is 11.0 Å². The number of rotatable bonds is 4. The fourth-order valence-corrected chi connectivity index (χ4v) is 4.28. The third-order valence-corrected chi connectivity index (χ3v) is 5.56. The first-order chi connectivity index (χ1) is 14.4. The van der Waals surface area contributed by atoms with Crippen LogP contribution in [-0.2, 0) is 24.6 Å². The lowest BCUT2D eigenvalue weighted by atomic mass is 9.93. The molecule has 0 bridgehead atoms. The maximum Gasteiger partial charge on any atom is 0.217 e. The van der Waals surface area contributed by atoms with E-state index in [2.05, 4.69) is 9.88 Å². The van der Waals surface area contributed by atoms with Crippen molar-refractivity contribution in [1.29, 1.82) is 0 Å². The number of aromatic nitrogens is 2. The second-order valence-electron chi connectivity index (χ2n) is 7.68. The van der Waals surface area contributed by atoms with Crippen LogP contribution in [-0.4, -0.2) is 52.8 Å². The first-order valence-electron chi connectivity index (χ1n) is 9.93. The Labute approximate surface area is 174 Å². The van der Waals surface area contributed by atoms with E-state index < -0.39 is 5.87 Å². The number of benzene rings is 1. The molecular formula is C21H22BN3O5. The maximum atomic E-state index is 9.36. The van der Waals surface area contributed by atoms with Crippen LogP contribution in [0, 0.1) is 0 Å². The highest BCUT2D eigenvalue weighted by molar-refractivity contribution is 6.11. The first-order valence-corrected chi connectivity index (χ1v) is 9.93. The molecule has 1 aliphatic carbocycles. The molecule has 2 aromatic heterocycles. The summed E-state index contributed by atoms with van der Waals surface area (Å²) in [5.41, 5.74) is 4.00. The van der Waals surface area contributed by atoms with E-state index in [0.717, 1.165) is 46.0 Å². The van der Waals surface area contributed by atoms with E-state index in [1.165, 1.54) is 5.69 Å². The number of nitrogens with zero attached hydrogens (tertiary/aromatic N) is 2. The molecule has 0 saturated heterocycles. The van der Waals surface area contributed by atoms with E-state index >= 15 is 0 Å². The van der Waals surface area contributed by atoms with Gasteiger partial charge in [-0.15, -0.1) is 0 Å². The summed E-state index contributed by atoms with van der Waals surface area (Å²) in [6.07, 6.45) is 1.58. The van der Waals surface area contributed by atoms with Crippen LogP contribution >= 0.6 is 0 Å². The quantitative estimate of drug-likeness (QED) is 0.448. The van der Waals surface area contributed by atoms with Crippen molar-refractivity contribution in [1.82, 2.24) is 9.55 Å². The molecular weight excluding hydrogens is 385 g/mol. The van der Waals surface area contributed by atoms with Gasteiger partial charge in [-0.1, -0.05) is 0 Å². The highest BCUT2D eigenvalue weighted by Gasteiger charge is 2.29. The second kappa shape index (κ2) is 7.19. The number of ether oxygens (including phenoxy) is 3. The standard InChI is InChI=1S/C21H22BN3O5/c1-25-16-5-3-13(30-21(22,26)27)11-15(16)14-4-7-19(24-20(14)25)23-12-2-6-17-18(10-12)29-9-8-28-17/h2,4,6-7,10,13,26-27H,3,5,8-9,11H2,1H3,(H,23,24). The minimum Gasteiger partial charge on any atom is -0.486 e. The molecule has 1 aromatic carbocycles. The predicted octanol–water partition coefficient (Wildman–Crippen LogP) is 1.73. The molecule has 5 rings (SSSR count). The van der Waals surface area contributed by atoms with Gasteiger partial charge in [-0.3, -0.25) is 0 Å². The van der Waals surface area contributed by atoms with Crippen LogP contribution in [0.4, 0.5) is 11.5 Å². The highest BCUT2D eigenvalue weighted by atomic mass is 16.8. The van der Waals surface area contributed by atoms with Crippen LogP contribution in [0.15, 0.2) is 30.3 Å². The average Bonchev–Trinajstić information content (AvgIpc) is 2.98. The average molecular weight is 407 g/mol. The minimum absolute atomic E-state index is 0.362. The van der Waals surface area contributed by atoms with Crippen LogP contribution in [0.3, 0.4) is 0 Å². The molecule has 0 amide bonds. The highest BCUT2D eigenvalue weighted by Crippen LogP contribution is 2.35. The summed E-state index contributed by atoms with van der Waals surface area (Å²) < 4.78 is 18.5. The van der Waals surface area contributed by atoms with Crippen molar-refractivity contribution in [3.05, 3.63) is 41.6 Å². The Morgan fingerprint density at radius 2 is 2.00 bits per heavy atom. The van der Waals surface area contributed by atoms with E-state index in [0.29, 0.717) is 26.1 Å². The van der Waals surface area contributed by atoms with Gasteiger partial charge in [0.1, 0.15) is 24.7 Å². The normalized spacial score (nSPS) is 18.3. The summed E-state index contributed by atoms with van der Waals surface area (Å²) in [5, 5.41) is 23.1. The van der Waals surface area contributed by atoms with Crippen LogP contribution in [0.1, 0.15) is 17.7 Å². The number of fused-ring (bicyclic) bond motifs is 4. The van der Waals surface area contributed by atoms with E-state index in [1.54, 1.807) is 0 Å². The van der Waals surface area contributed by atoms with Gasteiger partial charge in [0.15, 0.2) is 19.3 Å². The first kappa shape index (κ1) is 19.2. The van der Waals surface area contributed by atoms with Crippen molar-refractivity contribution in [2.45, 2.75) is 31.2 Å². The number of pyridine rings is 1. The van der Waals surface area contributed by atoms with Crippen LogP contribution < -0.4 is 14.8 Å². The minimum atomic E-state index is -2.62. The Hall–Kier alpha value is -2.75. The topological polar surface area (TPSA) is 98.0 Å². The molecule has 3 heterocycles. The molecule has 0 fully saturated rings. The fraction of sp³-hybridized carbons (Fsp3) is 0.381. The lowest BCUT2D eigenvalue weighted by Crippen LogP contribution is -2.39. The third-order valence-electron chi connectivity index (χ3n) is 5.56. The Balaban J connectivity index is 1.42. The smallest absolute Gasteiger partial charge is 0.217 e. The summed E-state index contributed by atoms with van der Waals surface area (Å²) in [6, 6.07) is 9.67. The molecule has 9 heteroatoms. The number of hydrogen-bond donors (Lipinski definition) is 3. The summed E-state index contributed by atoms with van der Waals surface area (Å²) in [4.78, 5) is 4.80. The molecule has 1 aliphatic heterocycles. The second-order valence-corrected chi connectivity index (χ2v) is 7.68. The van der Waals surface area contributed by atoms with Gasteiger partial charge in [-0.2, -0.15) is 0 Å². The third kappa shape index (κ3) is 3.60. The van der Waals surface area contributed by atoms with Gasteiger partial charge in [-0.25, -0.2) is 4.98 Å². The van der Waals surface area contributed by atoms with Crippen molar-refractivity contribution in [2.24, 2.45) is 7.05 Å². The van der Waals surface area contributed by atoms with E-state index in [-0.39, 0.29) is 6.10 Å². The van der Waals surface area contributed by atoms with Crippen molar-refractivity contribution in [3.8, 4) is 11.5 Å². The van der Waals surface area contributed by atoms with Gasteiger partial charge >= 0.3 is 0 Å². The number of anilines is 2. The Kier molecular flexibility index (Phi) is 4.61. The molecule has 2 radical (unpaired) electrons. The molecule has 0 saturated carbocycles. The predicted molar refractivity (Wildman–Crippen MR) is 111 cm³/mol. The van der Waals surface area contributed by atoms with Gasteiger partial charge < -0.3 is 34.3 Å². The lowest BCUT2D eigenvalue weighted by molar-refractivity contribution is -0.295. The zero-order valence-corrected chi connectivity index (χ0v) is 16.6. The Morgan fingerprint density at radius 3 is 2.80 bits per heavy atom. The van der Waals surface area contributed by atoms with Crippen LogP contribution in [0.2, 0.25) is 0 Å². The van der Waals surface area contributed by atoms with Gasteiger partial charge in [0.05, 0.1) is 6.10 Å². The Bertz CT molecular complexity index is 1110. The van der Waals surface area contributed by atoms with E-state index in [1.807, 2.05) is 37.4 Å². The summed E-state index contributed by atoms with van der Waals surface area (Å²) in [7, 11) is 7.18. The molecule has 0 spiro atoms. The zero-order valence-electron chi connectivity index (χ0n) is 16.6. The number of nitrogens with one attached hydrogen (secondary N) is 1. The van der Waals surface area contributed by atoms with E-state index in [4.69, 9.17) is 27.0 Å². The van der Waals surface area contributed by atoms with Gasteiger partial charge in [0, 0.05) is 36.3 Å². The summed E-state index contributed by atoms with van der Waals surface area (Å²) in [5.74, 6) is -0.437. The van der Waals surface area contributed by atoms with Crippen molar-refractivity contribution < 1.29 is 24.4 Å². The lowest BCUT2D eigenvalue weighted by Gasteiger charge is -2.29.